The number of pyridine rings is 1. The monoisotopic (exact) mass is 995 g/mol. The molecule has 0 radical (unpaired) electrons. The Kier molecular flexibility index (Phi) is 11.5. The smallest absolute Gasteiger partial charge is 0.415 e. The van der Waals surface area contributed by atoms with Gasteiger partial charge in [-0.05, 0) is 88.2 Å². The number of benzene rings is 6. The third-order valence-corrected chi connectivity index (χ3v) is 11.4. The summed E-state index contributed by atoms with van der Waals surface area (Å²) < 4.78 is 45.3. The van der Waals surface area contributed by atoms with E-state index in [0.717, 1.165) is 50.7 Å². The van der Waals surface area contributed by atoms with Crippen LogP contribution in [0.2, 0.25) is 0 Å². The van der Waals surface area contributed by atoms with E-state index in [1.165, 1.54) is 11.6 Å². The molecule has 4 nitrogen and oxygen atoms in total. The number of aryl methyl sites for hydroxylation is 1. The van der Waals surface area contributed by atoms with E-state index in [-0.39, 0.29) is 43.6 Å². The minimum absolute atomic E-state index is 0. The molecule has 0 fully saturated rings. The van der Waals surface area contributed by atoms with E-state index >= 15 is 0 Å². The van der Waals surface area contributed by atoms with Gasteiger partial charge in [-0.3, -0.25) is 9.55 Å². The van der Waals surface area contributed by atoms with Crippen LogP contribution < -0.4 is 0 Å². The first-order valence-electron chi connectivity index (χ1n) is 20.4. The van der Waals surface area contributed by atoms with Crippen LogP contribution in [0.25, 0.3) is 72.4 Å². The summed E-state index contributed by atoms with van der Waals surface area (Å²) in [5.74, 6) is 0.710. The van der Waals surface area contributed by atoms with Crippen molar-refractivity contribution >= 4 is 21.9 Å². The Bertz CT molecular complexity index is 2930. The molecule has 8 heteroatoms. The van der Waals surface area contributed by atoms with Crippen molar-refractivity contribution in [2.24, 2.45) is 0 Å². The average molecular weight is 996 g/mol. The molecular weight excluding hydrogens is 947 g/mol. The van der Waals surface area contributed by atoms with Gasteiger partial charge in [-0.1, -0.05) is 133 Å². The summed E-state index contributed by atoms with van der Waals surface area (Å²) in [6.07, 6.45) is -2.95. The number of rotatable bonds is 6. The van der Waals surface area contributed by atoms with E-state index in [0.29, 0.717) is 44.5 Å². The normalized spacial score (nSPS) is 12.3. The van der Waals surface area contributed by atoms with Crippen LogP contribution >= 0.6 is 0 Å². The first kappa shape index (κ1) is 43.6. The van der Waals surface area contributed by atoms with Gasteiger partial charge in [-0.25, -0.2) is 4.98 Å². The van der Waals surface area contributed by atoms with E-state index in [1.54, 1.807) is 24.4 Å². The van der Waals surface area contributed by atoms with Crippen molar-refractivity contribution in [1.29, 1.82) is 0 Å². The van der Waals surface area contributed by atoms with Crippen LogP contribution in [0.4, 0.5) is 13.2 Å². The number of hydrogen-bond donors (Lipinski definition) is 1. The summed E-state index contributed by atoms with van der Waals surface area (Å²) in [7, 11) is 0. The van der Waals surface area contributed by atoms with E-state index in [2.05, 4.69) is 120 Å². The topological polar surface area (TPSA) is 50.9 Å². The molecular formula is C53H49F3N3OPt-. The van der Waals surface area contributed by atoms with E-state index in [9.17, 15) is 18.3 Å². The van der Waals surface area contributed by atoms with Crippen molar-refractivity contribution in [1.82, 2.24) is 14.5 Å². The molecule has 0 amide bonds. The van der Waals surface area contributed by atoms with Gasteiger partial charge < -0.3 is 5.11 Å². The number of phenols is 1. The largest absolute Gasteiger partial charge is 0.507 e. The van der Waals surface area contributed by atoms with Crippen LogP contribution in [0.15, 0.2) is 121 Å². The zero-order valence-electron chi connectivity index (χ0n) is 35.9. The molecule has 0 aliphatic heterocycles. The Morgan fingerprint density at radius 2 is 1.25 bits per heavy atom. The van der Waals surface area contributed by atoms with Crippen molar-refractivity contribution in [3.05, 3.63) is 155 Å². The van der Waals surface area contributed by atoms with Gasteiger partial charge in [-0.15, -0.1) is 34.9 Å². The number of imidazole rings is 1. The van der Waals surface area contributed by atoms with Gasteiger partial charge in [0.2, 0.25) is 0 Å². The van der Waals surface area contributed by atoms with Gasteiger partial charge in [-0.2, -0.15) is 13.2 Å². The fourth-order valence-electron chi connectivity index (χ4n) is 7.95. The molecule has 0 unspecified atom stereocenters. The summed E-state index contributed by atoms with van der Waals surface area (Å²) in [6, 6.07) is 40.0. The molecule has 0 spiro atoms. The van der Waals surface area contributed by atoms with Gasteiger partial charge in [0.05, 0.1) is 22.3 Å². The second-order valence-electron chi connectivity index (χ2n) is 18.3. The molecule has 0 saturated carbocycles. The molecule has 0 bridgehead atoms. The van der Waals surface area contributed by atoms with Crippen molar-refractivity contribution in [2.75, 3.05) is 0 Å². The maximum atomic E-state index is 14.4. The molecule has 2 heterocycles. The quantitative estimate of drug-likeness (QED) is 0.169. The zero-order valence-corrected chi connectivity index (χ0v) is 38.1. The Labute approximate surface area is 370 Å². The minimum Gasteiger partial charge on any atom is -0.507 e. The number of alkyl halides is 3. The van der Waals surface area contributed by atoms with Crippen LogP contribution in [-0.4, -0.2) is 19.6 Å². The Morgan fingerprint density at radius 3 is 1.87 bits per heavy atom. The maximum Gasteiger partial charge on any atom is 0.415 e. The third-order valence-electron chi connectivity index (χ3n) is 11.4. The van der Waals surface area contributed by atoms with Gasteiger partial charge in [0.25, 0.3) is 0 Å². The van der Waals surface area contributed by atoms with Crippen molar-refractivity contribution in [3.63, 3.8) is 0 Å². The number of halogens is 3. The SMILES string of the molecule is Cc1cc(-c2[c-]c(-c3cc(C(F)(F)F)cc4cccnc34)cc(C(C)C)c2)c2nc(-c3cc(C(C)(C)C)ccc3O)n(-c3ccc(C(C)(C)C)cc3-c3ccccc3)c2c1.[Pt]. The van der Waals surface area contributed by atoms with Gasteiger partial charge >= 0.3 is 6.18 Å². The van der Waals surface area contributed by atoms with E-state index in [4.69, 9.17) is 4.98 Å². The Hall–Kier alpha value is -5.52. The standard InChI is InChI=1S/C53H49F3N3O.Pt/c1-31(2)35-24-36(26-37(25-35)43-30-40(53(54,55)56)27-34-16-13-21-57-48(34)43)42-22-32(3)23-46-49(42)58-50(44-29-39(52(7,8)9)18-20-47(44)60)59(46)45-19-17-38(51(4,5)6)28-41(45)33-14-11-10-12-15-33;/h10-25,27-31,60H,1-9H3;/q-1;. The first-order chi connectivity index (χ1) is 28.3. The van der Waals surface area contributed by atoms with E-state index in [1.807, 2.05) is 43.3 Å². The summed E-state index contributed by atoms with van der Waals surface area (Å²) in [5.41, 5.74) is 10.9. The first-order valence-corrected chi connectivity index (χ1v) is 20.4. The molecule has 2 aromatic heterocycles. The number of aromatic nitrogens is 3. The van der Waals surface area contributed by atoms with Crippen molar-refractivity contribution in [3.8, 4) is 56.2 Å². The van der Waals surface area contributed by atoms with Crippen LogP contribution in [0.5, 0.6) is 5.75 Å². The predicted octanol–water partition coefficient (Wildman–Crippen LogP) is 14.8. The van der Waals surface area contributed by atoms with Crippen LogP contribution in [0.1, 0.15) is 89.1 Å². The molecule has 8 rings (SSSR count). The van der Waals surface area contributed by atoms with Crippen LogP contribution in [0, 0.1) is 13.0 Å². The summed E-state index contributed by atoms with van der Waals surface area (Å²) in [5, 5.41) is 12.1. The van der Waals surface area contributed by atoms with Gasteiger partial charge in [0, 0.05) is 43.9 Å². The summed E-state index contributed by atoms with van der Waals surface area (Å²) in [6.45, 7) is 19.2. The molecule has 8 aromatic rings. The number of aromatic hydroxyl groups is 1. The molecule has 0 aliphatic carbocycles. The Morgan fingerprint density at radius 1 is 0.639 bits per heavy atom. The molecule has 0 aliphatic rings. The number of hydrogen-bond acceptors (Lipinski definition) is 3. The maximum absolute atomic E-state index is 14.4. The third kappa shape index (κ3) is 8.42. The molecule has 0 atom stereocenters. The fraction of sp³-hybridized carbons (Fsp3) is 0.245. The molecule has 314 valence electrons. The van der Waals surface area contributed by atoms with Crippen LogP contribution in [-0.2, 0) is 38.1 Å². The molecule has 1 N–H and O–H groups in total. The minimum atomic E-state index is -4.55. The number of phenolic OH excluding ortho intramolecular Hbond substituents is 1. The van der Waals surface area contributed by atoms with E-state index < -0.39 is 11.7 Å². The average Bonchev–Trinajstić information content (AvgIpc) is 3.57. The predicted molar refractivity (Wildman–Crippen MR) is 240 cm³/mol. The molecule has 6 aromatic carbocycles. The number of nitrogens with zero attached hydrogens (tertiary/aromatic N) is 3. The summed E-state index contributed by atoms with van der Waals surface area (Å²) >= 11 is 0. The number of fused-ring (bicyclic) bond motifs is 2. The Balaban J connectivity index is 0.00000561. The van der Waals surface area contributed by atoms with Crippen molar-refractivity contribution < 1.29 is 39.3 Å². The van der Waals surface area contributed by atoms with Crippen molar-refractivity contribution in [2.45, 2.75) is 85.2 Å². The van der Waals surface area contributed by atoms with Gasteiger partial charge in [0.15, 0.2) is 0 Å². The summed E-state index contributed by atoms with van der Waals surface area (Å²) in [4.78, 5) is 10.0. The molecule has 0 saturated heterocycles. The zero-order chi connectivity index (χ0) is 42.9. The molecule has 61 heavy (non-hydrogen) atoms. The van der Waals surface area contributed by atoms with Gasteiger partial charge in [0.1, 0.15) is 11.6 Å². The fourth-order valence-corrected chi connectivity index (χ4v) is 7.95. The second kappa shape index (κ2) is 16.1. The second-order valence-corrected chi connectivity index (χ2v) is 18.3. The van der Waals surface area contributed by atoms with Crippen LogP contribution in [0.3, 0.4) is 0 Å².